The maximum absolute atomic E-state index is 12.1. The van der Waals surface area contributed by atoms with Crippen molar-refractivity contribution < 1.29 is 14.6 Å². The predicted molar refractivity (Wildman–Crippen MR) is 180 cm³/mol. The molecule has 0 fully saturated rings. The maximum Gasteiger partial charge on any atom is 0.339 e. The number of ether oxygens (including phenoxy) is 1. The van der Waals surface area contributed by atoms with Gasteiger partial charge in [0, 0.05) is 17.5 Å². The van der Waals surface area contributed by atoms with Gasteiger partial charge in [0.05, 0.1) is 5.56 Å². The molecule has 1 atom stereocenters. The van der Waals surface area contributed by atoms with Crippen LogP contribution in [0.2, 0.25) is 0 Å². The Bertz CT molecular complexity index is 2140. The zero-order valence-electron chi connectivity index (χ0n) is 25.6. The van der Waals surface area contributed by atoms with Crippen LogP contribution in [0.5, 0.6) is 5.75 Å². The summed E-state index contributed by atoms with van der Waals surface area (Å²) in [5.41, 5.74) is 14.2. The highest BCUT2D eigenvalue weighted by atomic mass is 16.5. The number of esters is 1. The minimum atomic E-state index is -0.422. The molecular weight excluding hydrogens is 570 g/mol. The number of rotatable bonds is 3. The summed E-state index contributed by atoms with van der Waals surface area (Å²) in [5.74, 6) is -0.237. The molecule has 3 aliphatic rings. The summed E-state index contributed by atoms with van der Waals surface area (Å²) in [6.07, 6.45) is 9.37. The number of nitrogens with zero attached hydrogens (tertiary/aromatic N) is 3. The minimum absolute atomic E-state index is 0.0892. The Morgan fingerprint density at radius 2 is 1.54 bits per heavy atom. The van der Waals surface area contributed by atoms with Crippen molar-refractivity contribution in [3.05, 3.63) is 148 Å². The van der Waals surface area contributed by atoms with Gasteiger partial charge in [0.15, 0.2) is 0 Å². The lowest BCUT2D eigenvalue weighted by Gasteiger charge is -2.25. The molecule has 0 saturated carbocycles. The van der Waals surface area contributed by atoms with E-state index in [1.807, 2.05) is 61.5 Å². The molecule has 1 N–H and O–H groups in total. The third-order valence-electron chi connectivity index (χ3n) is 9.28. The number of phenolic OH excluding ortho intramolecular Hbond substituents is 1. The van der Waals surface area contributed by atoms with E-state index in [1.54, 1.807) is 17.2 Å². The van der Waals surface area contributed by atoms with Crippen LogP contribution in [0.15, 0.2) is 103 Å². The van der Waals surface area contributed by atoms with E-state index < -0.39 is 6.10 Å². The molecule has 6 nitrogen and oxygen atoms in total. The Labute approximate surface area is 267 Å². The fourth-order valence-electron chi connectivity index (χ4n) is 7.08. The molecule has 1 unspecified atom stereocenters. The molecule has 0 saturated heterocycles. The van der Waals surface area contributed by atoms with E-state index in [-0.39, 0.29) is 11.7 Å². The molecule has 6 heteroatoms. The Morgan fingerprint density at radius 1 is 0.804 bits per heavy atom. The van der Waals surface area contributed by atoms with E-state index in [0.29, 0.717) is 23.2 Å². The summed E-state index contributed by atoms with van der Waals surface area (Å²) in [6, 6.07) is 32.1. The van der Waals surface area contributed by atoms with Gasteiger partial charge in [0.1, 0.15) is 28.6 Å². The Kier molecular flexibility index (Phi) is 6.98. The van der Waals surface area contributed by atoms with Gasteiger partial charge in [0.2, 0.25) is 0 Å². The molecule has 0 bridgehead atoms. The van der Waals surface area contributed by atoms with Crippen LogP contribution in [0.1, 0.15) is 61.8 Å². The van der Waals surface area contributed by atoms with Crippen LogP contribution >= 0.6 is 0 Å². The molecule has 226 valence electrons. The molecular formula is C40H33N3O3. The monoisotopic (exact) mass is 603 g/mol. The van der Waals surface area contributed by atoms with Crippen LogP contribution < -0.4 is 0 Å². The lowest BCUT2D eigenvalue weighted by molar-refractivity contribution is 0.0386. The highest BCUT2D eigenvalue weighted by Gasteiger charge is 2.31. The third-order valence-corrected chi connectivity index (χ3v) is 9.28. The second kappa shape index (κ2) is 11.5. The number of benzene rings is 5. The quantitative estimate of drug-likeness (QED) is 0.206. The van der Waals surface area contributed by atoms with Crippen molar-refractivity contribution >= 4 is 23.1 Å². The first-order valence-electron chi connectivity index (χ1n) is 15.9. The van der Waals surface area contributed by atoms with E-state index in [9.17, 15) is 9.90 Å². The number of aryl methyl sites for hydroxylation is 2. The number of hydrogen-bond donors (Lipinski definition) is 1. The van der Waals surface area contributed by atoms with Gasteiger partial charge in [-0.3, -0.25) is 0 Å². The summed E-state index contributed by atoms with van der Waals surface area (Å²) >= 11 is 0. The molecule has 46 heavy (non-hydrogen) atoms. The second-order valence-electron chi connectivity index (χ2n) is 12.2. The summed E-state index contributed by atoms with van der Waals surface area (Å²) in [4.78, 5) is 13.5. The van der Waals surface area contributed by atoms with Gasteiger partial charge < -0.3 is 9.84 Å². The summed E-state index contributed by atoms with van der Waals surface area (Å²) < 4.78 is 5.54. The van der Waals surface area contributed by atoms with Crippen LogP contribution in [-0.2, 0) is 30.4 Å². The molecule has 9 rings (SSSR count). The summed E-state index contributed by atoms with van der Waals surface area (Å²) in [7, 11) is 0. The van der Waals surface area contributed by atoms with E-state index in [4.69, 9.17) is 4.74 Å². The summed E-state index contributed by atoms with van der Waals surface area (Å²) in [5, 5.41) is 19.9. The van der Waals surface area contributed by atoms with Crippen molar-refractivity contribution in [1.82, 2.24) is 15.0 Å². The molecule has 5 aromatic carbocycles. The lowest BCUT2D eigenvalue weighted by atomic mass is 9.80. The van der Waals surface area contributed by atoms with Gasteiger partial charge in [-0.25, -0.2) is 4.79 Å². The predicted octanol–water partition coefficient (Wildman–Crippen LogP) is 8.30. The van der Waals surface area contributed by atoms with Crippen LogP contribution in [0.4, 0.5) is 0 Å². The van der Waals surface area contributed by atoms with Gasteiger partial charge in [-0.15, -0.1) is 15.0 Å². The molecule has 0 spiro atoms. The highest BCUT2D eigenvalue weighted by Crippen LogP contribution is 2.39. The number of carbonyl (C=O) groups is 1. The average Bonchev–Trinajstić information content (AvgIpc) is 3.67. The molecule has 6 aromatic rings. The topological polar surface area (TPSA) is 77.2 Å². The maximum atomic E-state index is 12.1. The van der Waals surface area contributed by atoms with Crippen molar-refractivity contribution in [2.45, 2.75) is 45.1 Å². The van der Waals surface area contributed by atoms with Crippen LogP contribution in [0.25, 0.3) is 33.9 Å². The number of aromatic nitrogens is 3. The van der Waals surface area contributed by atoms with E-state index >= 15 is 0 Å². The molecule has 1 aliphatic heterocycles. The van der Waals surface area contributed by atoms with Crippen molar-refractivity contribution in [3.63, 3.8) is 0 Å². The number of hydrogen-bond acceptors (Lipinski definition) is 5. The number of phenols is 1. The Morgan fingerprint density at radius 3 is 2.37 bits per heavy atom. The highest BCUT2D eigenvalue weighted by molar-refractivity contribution is 5.94. The van der Waals surface area contributed by atoms with Gasteiger partial charge in [-0.05, 0) is 95.8 Å². The number of fused-ring (bicyclic) bond motifs is 7. The van der Waals surface area contributed by atoms with Crippen LogP contribution in [-0.4, -0.2) is 26.1 Å². The Balaban J connectivity index is 0.000000149. The number of cyclic esters (lactones) is 1. The fourth-order valence-corrected chi connectivity index (χ4v) is 7.08. The molecule has 0 amide bonds. The van der Waals surface area contributed by atoms with E-state index in [0.717, 1.165) is 22.2 Å². The van der Waals surface area contributed by atoms with Crippen molar-refractivity contribution in [1.29, 1.82) is 0 Å². The largest absolute Gasteiger partial charge is 0.505 e. The Hall–Kier alpha value is -5.49. The standard InChI is InChI=1S/C22H17N3O3.C18H16/c1-13-10-14(12-20-15-6-2-3-7-16(15)22(27)28-20)21(26)19(11-13)25-23-17-8-4-5-9-18(17)24-25;1-3-7-15-13(5-1)9-11-18-16-8-4-2-6-14(16)10-12-17(15)18/h2-11,20,26H,12H2,1H3;1-3,5-7,10,12H,4,8-9,11H2. The van der Waals surface area contributed by atoms with Gasteiger partial charge >= 0.3 is 5.97 Å². The molecule has 1 aromatic heterocycles. The van der Waals surface area contributed by atoms with Crippen molar-refractivity contribution in [2.24, 2.45) is 0 Å². The first-order valence-corrected chi connectivity index (χ1v) is 15.9. The van der Waals surface area contributed by atoms with Crippen molar-refractivity contribution in [3.8, 4) is 22.6 Å². The zero-order chi connectivity index (χ0) is 31.2. The van der Waals surface area contributed by atoms with E-state index in [2.05, 4.69) is 58.7 Å². The first kappa shape index (κ1) is 28.0. The third kappa shape index (κ3) is 4.96. The normalized spacial score (nSPS) is 15.7. The SMILES string of the molecule is C1=Cc2ccc3c(c2CC1)CCc1ccccc1-3.Cc1cc(CC2OC(=O)c3ccccc32)c(O)c(-n2nc3ccccc3n2)c1. The van der Waals surface area contributed by atoms with Crippen LogP contribution in [0.3, 0.4) is 0 Å². The zero-order valence-corrected chi connectivity index (χ0v) is 25.6. The summed E-state index contributed by atoms with van der Waals surface area (Å²) in [6.45, 7) is 1.95. The fraction of sp³-hybridized carbons (Fsp3) is 0.175. The number of aromatic hydroxyl groups is 1. The van der Waals surface area contributed by atoms with Gasteiger partial charge in [-0.2, -0.15) is 0 Å². The lowest BCUT2D eigenvalue weighted by Crippen LogP contribution is -2.09. The average molecular weight is 604 g/mol. The second-order valence-corrected chi connectivity index (χ2v) is 12.2. The van der Waals surface area contributed by atoms with Gasteiger partial charge in [0.25, 0.3) is 0 Å². The minimum Gasteiger partial charge on any atom is -0.505 e. The number of carbonyl (C=O) groups excluding carboxylic acids is 1. The van der Waals surface area contributed by atoms with E-state index in [1.165, 1.54) is 52.7 Å². The smallest absolute Gasteiger partial charge is 0.339 e. The van der Waals surface area contributed by atoms with Gasteiger partial charge in [-0.1, -0.05) is 84.9 Å². The molecule has 2 heterocycles. The van der Waals surface area contributed by atoms with Crippen molar-refractivity contribution in [2.75, 3.05) is 0 Å². The molecule has 2 aliphatic carbocycles. The molecule has 0 radical (unpaired) electrons. The number of allylic oxidation sites excluding steroid dienone is 1. The first-order chi connectivity index (χ1) is 22.5. The van der Waals surface area contributed by atoms with Crippen LogP contribution in [0, 0.1) is 6.92 Å².